The summed E-state index contributed by atoms with van der Waals surface area (Å²) in [6.45, 7) is -0.0664. The minimum Gasteiger partial charge on any atom is -0.324 e. The van der Waals surface area contributed by atoms with Crippen LogP contribution in [0, 0.1) is 10.1 Å². The number of anilines is 1. The number of benzodiazepines with no additional fused rings is 1. The summed E-state index contributed by atoms with van der Waals surface area (Å²) in [7, 11) is 0. The Morgan fingerprint density at radius 3 is 2.68 bits per heavy atom. The van der Waals surface area contributed by atoms with E-state index in [2.05, 4.69) is 10.3 Å². The molecule has 0 unspecified atom stereocenters. The minimum atomic E-state index is -0.489. The van der Waals surface area contributed by atoms with E-state index < -0.39 is 4.92 Å². The summed E-state index contributed by atoms with van der Waals surface area (Å²) in [5.41, 5.74) is 1.97. The average Bonchev–Trinajstić information content (AvgIpc) is 2.65. The topological polar surface area (TPSA) is 84.6 Å². The van der Waals surface area contributed by atoms with Gasteiger partial charge in [-0.3, -0.25) is 19.9 Å². The Labute approximate surface area is 130 Å². The van der Waals surface area contributed by atoms with E-state index in [1.54, 1.807) is 24.3 Å². The Morgan fingerprint density at radius 2 is 1.95 bits per heavy atom. The molecular weight excluding hydrogens is 312 g/mol. The fraction of sp³-hybridized carbons (Fsp3) is 0.0667. The Hall–Kier alpha value is -2.73. The first-order chi connectivity index (χ1) is 10.6. The molecular formula is C15H10ClN3O3. The number of nitrogens with one attached hydrogen (secondary N) is 1. The van der Waals surface area contributed by atoms with Gasteiger partial charge in [-0.15, -0.1) is 0 Å². The van der Waals surface area contributed by atoms with Gasteiger partial charge in [-0.1, -0.05) is 29.8 Å². The summed E-state index contributed by atoms with van der Waals surface area (Å²) in [6, 6.07) is 11.3. The normalized spacial score (nSPS) is 13.7. The standard InChI is InChI=1S/C15H10ClN3O3/c16-12-4-2-1-3-10(12)15-11-7-9(19(21)22)5-6-13(11)18-14(20)8-17-15/h1-7H,8H2,(H,18,20)/i5+1,6+1,7+1,9+1,11+1,13+1. The molecule has 0 atom stereocenters. The highest BCUT2D eigenvalue weighted by atomic mass is 35.5. The van der Waals surface area contributed by atoms with Crippen molar-refractivity contribution in [1.29, 1.82) is 0 Å². The molecule has 22 heavy (non-hydrogen) atoms. The fourth-order valence-electron chi connectivity index (χ4n) is 2.26. The van der Waals surface area contributed by atoms with Crippen LogP contribution in [-0.4, -0.2) is 23.1 Å². The first-order valence-corrected chi connectivity index (χ1v) is 6.82. The smallest absolute Gasteiger partial charge is 0.270 e. The third-order valence-electron chi connectivity index (χ3n) is 3.25. The first kappa shape index (κ1) is 14.2. The summed E-state index contributed by atoms with van der Waals surface area (Å²) in [6.07, 6.45) is 0. The molecule has 0 bridgehead atoms. The van der Waals surface area contributed by atoms with Gasteiger partial charge in [-0.05, 0) is 12.1 Å². The summed E-state index contributed by atoms with van der Waals surface area (Å²) in [5, 5.41) is 14.2. The number of nitro benzene ring substituents is 1. The molecule has 110 valence electrons. The van der Waals surface area contributed by atoms with Gasteiger partial charge in [-0.2, -0.15) is 0 Å². The molecule has 7 heteroatoms. The second-order valence-corrected chi connectivity index (χ2v) is 5.09. The third kappa shape index (κ3) is 2.56. The molecule has 6 nitrogen and oxygen atoms in total. The van der Waals surface area contributed by atoms with E-state index in [9.17, 15) is 14.9 Å². The van der Waals surface area contributed by atoms with E-state index in [-0.39, 0.29) is 18.1 Å². The predicted molar refractivity (Wildman–Crippen MR) is 83.7 cm³/mol. The van der Waals surface area contributed by atoms with E-state index in [1.807, 2.05) is 0 Å². The number of halogens is 1. The van der Waals surface area contributed by atoms with Crippen molar-refractivity contribution in [2.24, 2.45) is 4.99 Å². The summed E-state index contributed by atoms with van der Waals surface area (Å²) < 4.78 is 0. The van der Waals surface area contributed by atoms with Crippen LogP contribution < -0.4 is 5.32 Å². The van der Waals surface area contributed by atoms with E-state index in [4.69, 9.17) is 11.6 Å². The number of non-ortho nitro benzene ring substituents is 1. The van der Waals surface area contributed by atoms with Gasteiger partial charge in [0.25, 0.3) is 5.69 Å². The Balaban J connectivity index is 2.23. The summed E-state index contributed by atoms with van der Waals surface area (Å²) in [5.74, 6) is -0.280. The molecule has 0 spiro atoms. The molecule has 1 N–H and O–H groups in total. The van der Waals surface area contributed by atoms with Crippen molar-refractivity contribution in [3.05, 3.63) is 68.7 Å². The second kappa shape index (κ2) is 5.57. The van der Waals surface area contributed by atoms with Crippen LogP contribution in [0.15, 0.2) is 47.5 Å². The Bertz CT molecular complexity index is 817. The van der Waals surface area contributed by atoms with Gasteiger partial charge in [0, 0.05) is 28.3 Å². The van der Waals surface area contributed by atoms with E-state index in [0.717, 1.165) is 0 Å². The molecule has 3 rings (SSSR count). The molecule has 1 aliphatic heterocycles. The molecule has 0 saturated carbocycles. The number of hydrogen-bond acceptors (Lipinski definition) is 4. The first-order valence-electron chi connectivity index (χ1n) is 6.44. The van der Waals surface area contributed by atoms with E-state index >= 15 is 0 Å². The number of rotatable bonds is 2. The van der Waals surface area contributed by atoms with Crippen LogP contribution in [0.25, 0.3) is 0 Å². The Morgan fingerprint density at radius 1 is 1.18 bits per heavy atom. The number of aliphatic imine (C=N–C) groups is 1. The molecule has 0 saturated heterocycles. The number of fused-ring (bicyclic) bond motifs is 1. The van der Waals surface area contributed by atoms with E-state index in [0.29, 0.717) is 27.5 Å². The zero-order valence-electron chi connectivity index (χ0n) is 11.2. The Kier molecular flexibility index (Phi) is 3.60. The molecule has 0 fully saturated rings. The molecule has 0 aliphatic carbocycles. The highest BCUT2D eigenvalue weighted by molar-refractivity contribution is 6.36. The third-order valence-corrected chi connectivity index (χ3v) is 3.58. The lowest BCUT2D eigenvalue weighted by Gasteiger charge is -2.11. The summed E-state index contributed by atoms with van der Waals surface area (Å²) in [4.78, 5) is 26.5. The van der Waals surface area contributed by atoms with Crippen molar-refractivity contribution in [1.82, 2.24) is 0 Å². The SMILES string of the molecule is O=C1CN=C(c2ccccc2Cl)[13c]2[13cH][13c]([N+](=O)[O-])[13cH][13cH][13c]2N1. The highest BCUT2D eigenvalue weighted by Gasteiger charge is 2.22. The van der Waals surface area contributed by atoms with Crippen molar-refractivity contribution in [2.75, 3.05) is 11.9 Å². The largest absolute Gasteiger partial charge is 0.324 e. The van der Waals surface area contributed by atoms with Gasteiger partial charge in [0.05, 0.1) is 16.3 Å². The average molecular weight is 322 g/mol. The van der Waals surface area contributed by atoms with Gasteiger partial charge in [0.2, 0.25) is 5.91 Å². The number of amides is 1. The molecule has 2 aromatic carbocycles. The van der Waals surface area contributed by atoms with Crippen LogP contribution in [0.4, 0.5) is 11.4 Å². The van der Waals surface area contributed by atoms with Crippen LogP contribution in [0.5, 0.6) is 0 Å². The van der Waals surface area contributed by atoms with Crippen molar-refractivity contribution >= 4 is 34.6 Å². The molecule has 1 aliphatic rings. The predicted octanol–water partition coefficient (Wildman–Crippen LogP) is 3.04. The monoisotopic (exact) mass is 321 g/mol. The zero-order valence-corrected chi connectivity index (χ0v) is 12.0. The number of benzene rings is 2. The highest BCUT2D eigenvalue weighted by Crippen LogP contribution is 2.29. The second-order valence-electron chi connectivity index (χ2n) is 4.68. The van der Waals surface area contributed by atoms with Gasteiger partial charge >= 0.3 is 0 Å². The molecule has 0 radical (unpaired) electrons. The van der Waals surface area contributed by atoms with Crippen LogP contribution in [0.1, 0.15) is 11.1 Å². The van der Waals surface area contributed by atoms with Crippen molar-refractivity contribution in [2.45, 2.75) is 0 Å². The fourth-order valence-corrected chi connectivity index (χ4v) is 2.49. The van der Waals surface area contributed by atoms with Gasteiger partial charge < -0.3 is 5.32 Å². The number of nitro groups is 1. The number of hydrogen-bond donors (Lipinski definition) is 1. The van der Waals surface area contributed by atoms with Crippen LogP contribution in [0.2, 0.25) is 5.02 Å². The van der Waals surface area contributed by atoms with Crippen molar-refractivity contribution in [3.63, 3.8) is 0 Å². The number of carbonyl (C=O) groups is 1. The number of nitrogens with zero attached hydrogens (tertiary/aromatic N) is 2. The van der Waals surface area contributed by atoms with Crippen molar-refractivity contribution in [3.8, 4) is 0 Å². The zero-order chi connectivity index (χ0) is 15.7. The number of carbonyl (C=O) groups excluding carboxylic acids is 1. The van der Waals surface area contributed by atoms with Crippen LogP contribution in [0.3, 0.4) is 0 Å². The van der Waals surface area contributed by atoms with Crippen molar-refractivity contribution < 1.29 is 9.72 Å². The van der Waals surface area contributed by atoms with Gasteiger partial charge in [0.1, 0.15) is 6.54 Å². The lowest BCUT2D eigenvalue weighted by atomic mass is 10.2. The maximum atomic E-state index is 11.7. The lowest BCUT2D eigenvalue weighted by molar-refractivity contribution is -0.384. The van der Waals surface area contributed by atoms with Crippen LogP contribution in [-0.2, 0) is 4.79 Å². The quantitative estimate of drug-likeness (QED) is 0.681. The lowest BCUT2D eigenvalue weighted by Crippen LogP contribution is -2.13. The van der Waals surface area contributed by atoms with Gasteiger partial charge in [-0.25, -0.2) is 0 Å². The maximum Gasteiger partial charge on any atom is 0.270 e. The minimum absolute atomic E-state index is 0.0664. The van der Waals surface area contributed by atoms with Gasteiger partial charge in [0.15, 0.2) is 0 Å². The van der Waals surface area contributed by atoms with E-state index in [1.165, 1.54) is 18.2 Å². The molecule has 0 aromatic heterocycles. The van der Waals surface area contributed by atoms with Crippen LogP contribution >= 0.6 is 11.6 Å². The maximum absolute atomic E-state index is 11.7. The summed E-state index contributed by atoms with van der Waals surface area (Å²) >= 11 is 6.20. The molecule has 1 amide bonds. The molecule has 2 aromatic rings. The molecule has 1 heterocycles.